The molecule has 2 bridgehead atoms. The number of nitrogens with zero attached hydrogens (tertiary/aromatic N) is 1. The second-order valence-electron chi connectivity index (χ2n) is 4.91. The van der Waals surface area contributed by atoms with Crippen molar-refractivity contribution < 1.29 is 9.90 Å². The highest BCUT2D eigenvalue weighted by Gasteiger charge is 2.51. The zero-order valence-electron chi connectivity index (χ0n) is 8.70. The lowest BCUT2D eigenvalue weighted by Gasteiger charge is -2.50. The molecule has 0 atom stereocenters. The fraction of sp³-hybridized carbons (Fsp3) is 0.667. The number of allylic oxidation sites excluding steroid dienone is 2. The predicted molar refractivity (Wildman–Crippen MR) is 55.0 cm³/mol. The lowest BCUT2D eigenvalue weighted by molar-refractivity contribution is -0.157. The predicted octanol–water partition coefficient (Wildman–Crippen LogP) is 2.49. The molecule has 3 saturated carbocycles. The third-order valence-corrected chi connectivity index (χ3v) is 4.27. The molecule has 0 aliphatic heterocycles. The quantitative estimate of drug-likeness (QED) is 0.704. The number of carboxylic acids is 1. The first-order valence-corrected chi connectivity index (χ1v) is 5.43. The van der Waals surface area contributed by atoms with Gasteiger partial charge in [-0.15, -0.1) is 0 Å². The van der Waals surface area contributed by atoms with Gasteiger partial charge in [-0.3, -0.25) is 4.79 Å². The number of carbonyl (C=O) groups is 1. The van der Waals surface area contributed by atoms with Crippen molar-refractivity contribution >= 4 is 5.97 Å². The van der Waals surface area contributed by atoms with Crippen LogP contribution in [0.3, 0.4) is 0 Å². The van der Waals surface area contributed by atoms with E-state index in [4.69, 9.17) is 5.26 Å². The molecule has 0 heterocycles. The number of aliphatic carboxylic acids is 1. The Morgan fingerprint density at radius 1 is 1.20 bits per heavy atom. The fourth-order valence-corrected chi connectivity index (χ4v) is 3.00. The van der Waals surface area contributed by atoms with Crippen LogP contribution in [0.15, 0.2) is 12.2 Å². The highest BCUT2D eigenvalue weighted by Crippen LogP contribution is 2.57. The van der Waals surface area contributed by atoms with Crippen LogP contribution in [0.2, 0.25) is 0 Å². The minimum absolute atomic E-state index is 0.132. The van der Waals surface area contributed by atoms with Gasteiger partial charge < -0.3 is 5.11 Å². The smallest absolute Gasteiger partial charge is 0.309 e. The molecule has 0 amide bonds. The van der Waals surface area contributed by atoms with Crippen LogP contribution in [-0.2, 0) is 4.79 Å². The molecule has 0 aromatic heterocycles. The molecule has 3 heteroatoms. The van der Waals surface area contributed by atoms with Crippen molar-refractivity contribution in [1.29, 1.82) is 5.26 Å². The number of hydrogen-bond donors (Lipinski definition) is 1. The summed E-state index contributed by atoms with van der Waals surface area (Å²) in [4.78, 5) is 11.2. The molecule has 3 aliphatic rings. The summed E-state index contributed by atoms with van der Waals surface area (Å²) in [5, 5.41) is 17.7. The van der Waals surface area contributed by atoms with Crippen LogP contribution in [0.25, 0.3) is 0 Å². The van der Waals surface area contributed by atoms with Gasteiger partial charge in [-0.1, -0.05) is 6.08 Å². The van der Waals surface area contributed by atoms with E-state index < -0.39 is 11.4 Å². The second kappa shape index (κ2) is 3.37. The summed E-state index contributed by atoms with van der Waals surface area (Å²) < 4.78 is 0. The summed E-state index contributed by atoms with van der Waals surface area (Å²) in [5.74, 6) is -0.625. The zero-order valence-corrected chi connectivity index (χ0v) is 8.70. The fourth-order valence-electron chi connectivity index (χ4n) is 3.00. The van der Waals surface area contributed by atoms with Gasteiger partial charge in [0.05, 0.1) is 11.5 Å². The van der Waals surface area contributed by atoms with Gasteiger partial charge in [0.15, 0.2) is 0 Å². The topological polar surface area (TPSA) is 61.1 Å². The van der Waals surface area contributed by atoms with Crippen LogP contribution >= 0.6 is 0 Å². The molecule has 0 aromatic carbocycles. The Morgan fingerprint density at radius 2 is 1.73 bits per heavy atom. The van der Waals surface area contributed by atoms with Gasteiger partial charge in [-0.2, -0.15) is 5.26 Å². The average Bonchev–Trinajstić information content (AvgIpc) is 2.29. The van der Waals surface area contributed by atoms with Gasteiger partial charge in [0.1, 0.15) is 0 Å². The van der Waals surface area contributed by atoms with Crippen LogP contribution in [0.4, 0.5) is 0 Å². The Hall–Kier alpha value is -1.30. The van der Waals surface area contributed by atoms with E-state index in [1.54, 1.807) is 6.08 Å². The van der Waals surface area contributed by atoms with Crippen molar-refractivity contribution in [3.8, 4) is 6.07 Å². The van der Waals surface area contributed by atoms with Crippen LogP contribution in [0.1, 0.15) is 38.5 Å². The molecule has 0 aromatic rings. The maximum Gasteiger partial charge on any atom is 0.309 e. The third kappa shape index (κ3) is 1.54. The van der Waals surface area contributed by atoms with Crippen molar-refractivity contribution in [2.75, 3.05) is 0 Å². The SMILES string of the molecule is N#CC=CC12CCC(C(=O)O)(CC1)CC2. The van der Waals surface area contributed by atoms with Crippen molar-refractivity contribution in [2.24, 2.45) is 10.8 Å². The number of fused-ring (bicyclic) bond motifs is 3. The van der Waals surface area contributed by atoms with E-state index in [0.29, 0.717) is 0 Å². The Balaban J connectivity index is 2.14. The molecular weight excluding hydrogens is 190 g/mol. The molecule has 80 valence electrons. The number of carboxylic acid groups (broad SMARTS) is 1. The third-order valence-electron chi connectivity index (χ3n) is 4.27. The molecule has 1 N–H and O–H groups in total. The number of rotatable bonds is 2. The zero-order chi connectivity index (χ0) is 10.9. The Morgan fingerprint density at radius 3 is 2.13 bits per heavy atom. The molecule has 15 heavy (non-hydrogen) atoms. The van der Waals surface area contributed by atoms with Gasteiger partial charge in [0.2, 0.25) is 0 Å². The molecule has 0 saturated heterocycles. The number of hydrogen-bond acceptors (Lipinski definition) is 2. The number of nitriles is 1. The lowest BCUT2D eigenvalue weighted by atomic mass is 9.54. The Kier molecular flexibility index (Phi) is 2.30. The normalized spacial score (nSPS) is 39.1. The van der Waals surface area contributed by atoms with Crippen LogP contribution < -0.4 is 0 Å². The Bertz CT molecular complexity index is 327. The molecule has 0 spiro atoms. The summed E-state index contributed by atoms with van der Waals surface area (Å²) in [6, 6.07) is 2.03. The lowest BCUT2D eigenvalue weighted by Crippen LogP contribution is -2.45. The van der Waals surface area contributed by atoms with Crippen molar-refractivity contribution in [2.45, 2.75) is 38.5 Å². The summed E-state index contributed by atoms with van der Waals surface area (Å²) in [7, 11) is 0. The summed E-state index contributed by atoms with van der Waals surface area (Å²) in [5.41, 5.74) is -0.310. The van der Waals surface area contributed by atoms with Crippen molar-refractivity contribution in [1.82, 2.24) is 0 Å². The van der Waals surface area contributed by atoms with Crippen molar-refractivity contribution in [3.63, 3.8) is 0 Å². The Labute approximate surface area is 89.4 Å². The van der Waals surface area contributed by atoms with Gasteiger partial charge in [0.25, 0.3) is 0 Å². The minimum Gasteiger partial charge on any atom is -0.481 e. The highest BCUT2D eigenvalue weighted by atomic mass is 16.4. The van der Waals surface area contributed by atoms with Crippen molar-refractivity contribution in [3.05, 3.63) is 12.2 Å². The molecule has 3 aliphatic carbocycles. The largest absolute Gasteiger partial charge is 0.481 e. The molecule has 3 rings (SSSR count). The van der Waals surface area contributed by atoms with E-state index in [1.165, 1.54) is 0 Å². The van der Waals surface area contributed by atoms with Gasteiger partial charge in [-0.25, -0.2) is 0 Å². The minimum atomic E-state index is -0.625. The first-order valence-electron chi connectivity index (χ1n) is 5.43. The molecule has 3 fully saturated rings. The summed E-state index contributed by atoms with van der Waals surface area (Å²) >= 11 is 0. The maximum absolute atomic E-state index is 11.2. The van der Waals surface area contributed by atoms with Crippen LogP contribution in [0.5, 0.6) is 0 Å². The first-order chi connectivity index (χ1) is 7.13. The van der Waals surface area contributed by atoms with Crippen LogP contribution in [-0.4, -0.2) is 11.1 Å². The van der Waals surface area contributed by atoms with E-state index in [-0.39, 0.29) is 5.41 Å². The standard InChI is InChI=1S/C12H15NO2/c13-9-1-2-11-3-6-12(7-4-11,8-5-11)10(14)15/h1-2H,3-8H2,(H,14,15). The molecular formula is C12H15NO2. The van der Waals surface area contributed by atoms with Gasteiger partial charge in [-0.05, 0) is 43.9 Å². The highest BCUT2D eigenvalue weighted by molar-refractivity contribution is 5.75. The van der Waals surface area contributed by atoms with Gasteiger partial charge in [0, 0.05) is 6.08 Å². The first kappa shape index (κ1) is 10.2. The van der Waals surface area contributed by atoms with E-state index in [0.717, 1.165) is 38.5 Å². The van der Waals surface area contributed by atoms with E-state index in [9.17, 15) is 9.90 Å². The maximum atomic E-state index is 11.2. The van der Waals surface area contributed by atoms with E-state index in [2.05, 4.69) is 0 Å². The van der Waals surface area contributed by atoms with Gasteiger partial charge >= 0.3 is 5.97 Å². The molecule has 0 radical (unpaired) electrons. The monoisotopic (exact) mass is 205 g/mol. The molecule has 3 nitrogen and oxygen atoms in total. The summed E-state index contributed by atoms with van der Waals surface area (Å²) in [6.45, 7) is 0. The average molecular weight is 205 g/mol. The second-order valence-corrected chi connectivity index (χ2v) is 4.91. The summed E-state index contributed by atoms with van der Waals surface area (Å²) in [6.07, 6.45) is 8.66. The van der Waals surface area contributed by atoms with E-state index in [1.807, 2.05) is 12.1 Å². The van der Waals surface area contributed by atoms with E-state index >= 15 is 0 Å². The van der Waals surface area contributed by atoms with Crippen LogP contribution in [0, 0.1) is 22.2 Å². The molecule has 0 unspecified atom stereocenters.